The van der Waals surface area contributed by atoms with E-state index in [1.165, 1.54) is 12.6 Å². The van der Waals surface area contributed by atoms with E-state index in [1.54, 1.807) is 0 Å². The quantitative estimate of drug-likeness (QED) is 0.577. The zero-order valence-corrected chi connectivity index (χ0v) is 6.75. The van der Waals surface area contributed by atoms with Crippen molar-refractivity contribution >= 4 is 12.0 Å². The first-order valence-electron chi connectivity index (χ1n) is 4.07. The predicted octanol–water partition coefficient (Wildman–Crippen LogP) is 1.52. The van der Waals surface area contributed by atoms with Gasteiger partial charge in [0.25, 0.3) is 0 Å². The van der Waals surface area contributed by atoms with Crippen LogP contribution in [0.3, 0.4) is 0 Å². The Bertz CT molecular complexity index is 165. The summed E-state index contributed by atoms with van der Waals surface area (Å²) >= 11 is 0. The van der Waals surface area contributed by atoms with Crippen molar-refractivity contribution in [3.8, 4) is 0 Å². The van der Waals surface area contributed by atoms with Gasteiger partial charge in [-0.2, -0.15) is 0 Å². The molecular weight excluding hydrogens is 142 g/mol. The third kappa shape index (κ3) is 2.33. The molecule has 1 heterocycles. The van der Waals surface area contributed by atoms with Crippen LogP contribution in [0.15, 0.2) is 5.16 Å². The molecule has 0 saturated carbocycles. The van der Waals surface area contributed by atoms with Crippen molar-refractivity contribution in [3.05, 3.63) is 0 Å². The van der Waals surface area contributed by atoms with Crippen LogP contribution in [-0.2, 0) is 9.63 Å². The fourth-order valence-electron chi connectivity index (χ4n) is 1.07. The Kier molecular flexibility index (Phi) is 3.08. The summed E-state index contributed by atoms with van der Waals surface area (Å²) in [5.74, 6) is 0.0149. The minimum atomic E-state index is -0.276. The van der Waals surface area contributed by atoms with Crippen LogP contribution in [-0.4, -0.2) is 18.1 Å². The largest absolute Gasteiger partial charge is 0.384 e. The highest BCUT2D eigenvalue weighted by Gasteiger charge is 2.22. The van der Waals surface area contributed by atoms with Gasteiger partial charge in [-0.25, -0.2) is 0 Å². The molecule has 62 valence electrons. The van der Waals surface area contributed by atoms with Crippen LogP contribution >= 0.6 is 0 Å². The molecule has 0 aliphatic carbocycles. The van der Waals surface area contributed by atoms with Gasteiger partial charge in [0, 0.05) is 0 Å². The molecule has 0 bridgehead atoms. The molecule has 1 aliphatic heterocycles. The smallest absolute Gasteiger partial charge is 0.220 e. The second-order valence-electron chi connectivity index (χ2n) is 2.73. The van der Waals surface area contributed by atoms with Crippen molar-refractivity contribution in [2.24, 2.45) is 5.16 Å². The van der Waals surface area contributed by atoms with E-state index in [0.29, 0.717) is 0 Å². The van der Waals surface area contributed by atoms with Gasteiger partial charge in [-0.05, 0) is 12.8 Å². The van der Waals surface area contributed by atoms with Crippen molar-refractivity contribution in [2.45, 2.75) is 38.7 Å². The summed E-state index contributed by atoms with van der Waals surface area (Å²) in [6.45, 7) is 2.13. The Morgan fingerprint density at radius 1 is 1.64 bits per heavy atom. The summed E-state index contributed by atoms with van der Waals surface area (Å²) in [6, 6.07) is 0. The van der Waals surface area contributed by atoms with Gasteiger partial charge in [0.1, 0.15) is 6.21 Å². The van der Waals surface area contributed by atoms with Crippen molar-refractivity contribution in [1.82, 2.24) is 0 Å². The lowest BCUT2D eigenvalue weighted by Crippen LogP contribution is -2.17. The fourth-order valence-corrected chi connectivity index (χ4v) is 1.07. The van der Waals surface area contributed by atoms with Gasteiger partial charge in [0.05, 0.1) is 0 Å². The predicted molar refractivity (Wildman–Crippen MR) is 42.5 cm³/mol. The van der Waals surface area contributed by atoms with Crippen LogP contribution in [0, 0.1) is 0 Å². The van der Waals surface area contributed by atoms with E-state index in [0.717, 1.165) is 19.3 Å². The molecule has 3 nitrogen and oxygen atoms in total. The molecule has 0 aromatic rings. The van der Waals surface area contributed by atoms with E-state index in [4.69, 9.17) is 4.84 Å². The van der Waals surface area contributed by atoms with Crippen molar-refractivity contribution in [1.29, 1.82) is 0 Å². The molecular formula is C8H13NO2. The summed E-state index contributed by atoms with van der Waals surface area (Å²) in [4.78, 5) is 15.7. The van der Waals surface area contributed by atoms with Gasteiger partial charge >= 0.3 is 0 Å². The molecule has 1 aliphatic rings. The lowest BCUT2D eigenvalue weighted by atomic mass is 10.1. The van der Waals surface area contributed by atoms with Crippen LogP contribution in [0.2, 0.25) is 0 Å². The second kappa shape index (κ2) is 4.11. The molecule has 1 atom stereocenters. The van der Waals surface area contributed by atoms with E-state index in [1.807, 2.05) is 0 Å². The third-order valence-corrected chi connectivity index (χ3v) is 1.76. The average Bonchev–Trinajstić information content (AvgIpc) is 2.37. The highest BCUT2D eigenvalue weighted by atomic mass is 16.6. The molecule has 0 aromatic carbocycles. The Balaban J connectivity index is 2.13. The van der Waals surface area contributed by atoms with Crippen molar-refractivity contribution in [3.63, 3.8) is 0 Å². The zero-order chi connectivity index (χ0) is 8.10. The molecule has 0 N–H and O–H groups in total. The highest BCUT2D eigenvalue weighted by molar-refractivity contribution is 6.30. The van der Waals surface area contributed by atoms with Crippen LogP contribution in [0.5, 0.6) is 0 Å². The average molecular weight is 155 g/mol. The number of ketones is 1. The number of carbonyl (C=O) groups excluding carboxylic acids is 1. The molecule has 0 aromatic heterocycles. The number of unbranched alkanes of at least 4 members (excludes halogenated alkanes) is 2. The standard InChI is InChI=1S/C8H13NO2/c1-2-3-4-5-8-7(10)6-9-11-8/h6,8H,2-5H2,1H3. The monoisotopic (exact) mass is 155 g/mol. The number of carbonyl (C=O) groups is 1. The Morgan fingerprint density at radius 2 is 2.45 bits per heavy atom. The van der Waals surface area contributed by atoms with Crippen LogP contribution in [0.4, 0.5) is 0 Å². The maximum absolute atomic E-state index is 10.9. The van der Waals surface area contributed by atoms with Crippen molar-refractivity contribution in [2.75, 3.05) is 0 Å². The lowest BCUT2D eigenvalue weighted by molar-refractivity contribution is -0.120. The van der Waals surface area contributed by atoms with Gasteiger partial charge in [0.2, 0.25) is 5.78 Å². The van der Waals surface area contributed by atoms with Gasteiger partial charge in [0.15, 0.2) is 6.10 Å². The maximum Gasteiger partial charge on any atom is 0.220 e. The minimum absolute atomic E-state index is 0.0149. The number of oxime groups is 1. The number of nitrogens with zero attached hydrogens (tertiary/aromatic N) is 1. The first-order valence-corrected chi connectivity index (χ1v) is 4.07. The lowest BCUT2D eigenvalue weighted by Gasteiger charge is -2.04. The second-order valence-corrected chi connectivity index (χ2v) is 2.73. The number of rotatable bonds is 4. The molecule has 1 rings (SSSR count). The number of hydrogen-bond donors (Lipinski definition) is 0. The van der Waals surface area contributed by atoms with E-state index in [-0.39, 0.29) is 11.9 Å². The fraction of sp³-hybridized carbons (Fsp3) is 0.750. The van der Waals surface area contributed by atoms with Gasteiger partial charge in [-0.3, -0.25) is 4.79 Å². The molecule has 0 saturated heterocycles. The van der Waals surface area contributed by atoms with Gasteiger partial charge in [-0.1, -0.05) is 24.9 Å². The van der Waals surface area contributed by atoms with Crippen LogP contribution in [0.25, 0.3) is 0 Å². The topological polar surface area (TPSA) is 38.7 Å². The number of Topliss-reactive ketones (excluding diaryl/α,β-unsaturated/α-hetero) is 1. The van der Waals surface area contributed by atoms with E-state index >= 15 is 0 Å². The van der Waals surface area contributed by atoms with E-state index in [9.17, 15) is 4.79 Å². The highest BCUT2D eigenvalue weighted by Crippen LogP contribution is 2.10. The molecule has 0 radical (unpaired) electrons. The Hall–Kier alpha value is -0.860. The summed E-state index contributed by atoms with van der Waals surface area (Å²) in [6.07, 6.45) is 5.18. The summed E-state index contributed by atoms with van der Waals surface area (Å²) < 4.78 is 0. The normalized spacial score (nSPS) is 22.3. The van der Waals surface area contributed by atoms with Crippen LogP contribution in [0.1, 0.15) is 32.6 Å². The van der Waals surface area contributed by atoms with Gasteiger partial charge in [-0.15, -0.1) is 0 Å². The number of hydrogen-bond acceptors (Lipinski definition) is 3. The Morgan fingerprint density at radius 3 is 3.00 bits per heavy atom. The summed E-state index contributed by atoms with van der Waals surface area (Å²) in [5, 5.41) is 3.45. The summed E-state index contributed by atoms with van der Waals surface area (Å²) in [5.41, 5.74) is 0. The minimum Gasteiger partial charge on any atom is -0.384 e. The first kappa shape index (κ1) is 8.24. The Labute approximate surface area is 66.4 Å². The van der Waals surface area contributed by atoms with Gasteiger partial charge < -0.3 is 4.84 Å². The molecule has 0 amide bonds. The SMILES string of the molecule is CCCCCC1ON=CC1=O. The van der Waals surface area contributed by atoms with Crippen LogP contribution < -0.4 is 0 Å². The maximum atomic E-state index is 10.9. The molecule has 0 spiro atoms. The molecule has 0 fully saturated rings. The zero-order valence-electron chi connectivity index (χ0n) is 6.75. The summed E-state index contributed by atoms with van der Waals surface area (Å²) in [7, 11) is 0. The molecule has 11 heavy (non-hydrogen) atoms. The third-order valence-electron chi connectivity index (χ3n) is 1.76. The first-order chi connectivity index (χ1) is 5.34. The van der Waals surface area contributed by atoms with Crippen molar-refractivity contribution < 1.29 is 9.63 Å². The van der Waals surface area contributed by atoms with E-state index < -0.39 is 0 Å². The van der Waals surface area contributed by atoms with E-state index in [2.05, 4.69) is 12.1 Å². The molecule has 1 unspecified atom stereocenters. The molecule has 3 heteroatoms.